The molecule has 0 saturated heterocycles. The van der Waals surface area contributed by atoms with Crippen LogP contribution in [0.3, 0.4) is 0 Å². The van der Waals surface area contributed by atoms with Gasteiger partial charge in [-0.05, 0) is 32.0 Å². The first-order valence-electron chi connectivity index (χ1n) is 8.35. The molecular formula is C18H12Cl2F3N5O. The van der Waals surface area contributed by atoms with E-state index in [9.17, 15) is 18.3 Å². The third-order valence-electron chi connectivity index (χ3n) is 4.38. The average Bonchev–Trinajstić information content (AvgIpc) is 2.98. The van der Waals surface area contributed by atoms with Crippen molar-refractivity contribution in [1.82, 2.24) is 19.7 Å². The van der Waals surface area contributed by atoms with Crippen molar-refractivity contribution < 1.29 is 18.3 Å². The van der Waals surface area contributed by atoms with Gasteiger partial charge >= 0.3 is 6.18 Å². The molecule has 0 amide bonds. The van der Waals surface area contributed by atoms with Crippen LogP contribution in [0.1, 0.15) is 41.4 Å². The minimum Gasteiger partial charge on any atom is -0.493 e. The summed E-state index contributed by atoms with van der Waals surface area (Å²) in [6.45, 7) is 3.37. The first kappa shape index (κ1) is 19.7. The Labute approximate surface area is 172 Å². The van der Waals surface area contributed by atoms with Crippen LogP contribution < -0.4 is 0 Å². The third kappa shape index (κ3) is 3.24. The maximum atomic E-state index is 13.5. The van der Waals surface area contributed by atoms with E-state index in [4.69, 9.17) is 23.2 Å². The Morgan fingerprint density at radius 2 is 1.83 bits per heavy atom. The van der Waals surface area contributed by atoms with Crippen LogP contribution in [0.4, 0.5) is 13.2 Å². The summed E-state index contributed by atoms with van der Waals surface area (Å²) in [4.78, 5) is 12.8. The fourth-order valence-electron chi connectivity index (χ4n) is 3.16. The summed E-state index contributed by atoms with van der Waals surface area (Å²) < 4.78 is 42.0. The molecule has 1 aromatic carbocycles. The lowest BCUT2D eigenvalue weighted by molar-refractivity contribution is -0.137. The van der Waals surface area contributed by atoms with E-state index in [1.807, 2.05) is 0 Å². The van der Waals surface area contributed by atoms with E-state index < -0.39 is 22.8 Å². The van der Waals surface area contributed by atoms with Gasteiger partial charge in [0.15, 0.2) is 5.82 Å². The number of rotatable bonds is 1. The van der Waals surface area contributed by atoms with E-state index in [1.165, 1.54) is 22.9 Å². The lowest BCUT2D eigenvalue weighted by Gasteiger charge is -2.17. The zero-order chi connectivity index (χ0) is 21.1. The Bertz CT molecular complexity index is 1170. The maximum Gasteiger partial charge on any atom is 0.417 e. The summed E-state index contributed by atoms with van der Waals surface area (Å²) >= 11 is 12.5. The Morgan fingerprint density at radius 1 is 1.10 bits per heavy atom. The second-order valence-electron chi connectivity index (χ2n) is 6.40. The van der Waals surface area contributed by atoms with Gasteiger partial charge in [-0.2, -0.15) is 18.3 Å². The summed E-state index contributed by atoms with van der Waals surface area (Å²) in [5.74, 6) is 0.493. The van der Waals surface area contributed by atoms with Crippen LogP contribution in [0.5, 0.6) is 5.88 Å². The van der Waals surface area contributed by atoms with E-state index >= 15 is 0 Å². The zero-order valence-electron chi connectivity index (χ0n) is 15.0. The molecule has 150 valence electrons. The van der Waals surface area contributed by atoms with Gasteiger partial charge in [-0.1, -0.05) is 23.2 Å². The van der Waals surface area contributed by atoms with Gasteiger partial charge in [-0.25, -0.2) is 14.6 Å². The molecule has 1 N–H and O–H groups in total. The van der Waals surface area contributed by atoms with Crippen LogP contribution in [0.2, 0.25) is 10.0 Å². The molecule has 1 atom stereocenters. The van der Waals surface area contributed by atoms with Gasteiger partial charge in [-0.15, -0.1) is 0 Å². The normalized spacial score (nSPS) is 16.1. The van der Waals surface area contributed by atoms with Gasteiger partial charge < -0.3 is 5.11 Å². The Kier molecular flexibility index (Phi) is 4.54. The van der Waals surface area contributed by atoms with Crippen LogP contribution in [-0.4, -0.2) is 30.6 Å². The molecule has 0 fully saturated rings. The lowest BCUT2D eigenvalue weighted by Crippen LogP contribution is -2.15. The molecule has 3 aromatic rings. The first-order chi connectivity index (χ1) is 13.6. The fraction of sp³-hybridized carbons (Fsp3) is 0.222. The molecule has 0 bridgehead atoms. The van der Waals surface area contributed by atoms with E-state index in [-0.39, 0.29) is 33.6 Å². The number of aromatic hydroxyl groups is 1. The van der Waals surface area contributed by atoms with Gasteiger partial charge in [0.05, 0.1) is 27.0 Å². The summed E-state index contributed by atoms with van der Waals surface area (Å²) in [7, 11) is 0. The van der Waals surface area contributed by atoms with E-state index in [2.05, 4.69) is 20.1 Å². The van der Waals surface area contributed by atoms with E-state index in [1.54, 1.807) is 13.8 Å². The largest absolute Gasteiger partial charge is 0.493 e. The molecule has 0 saturated carbocycles. The second kappa shape index (κ2) is 6.70. The van der Waals surface area contributed by atoms with Gasteiger partial charge in [0.1, 0.15) is 17.6 Å². The third-order valence-corrected chi connectivity index (χ3v) is 5.08. The molecule has 4 rings (SSSR count). The van der Waals surface area contributed by atoms with Crippen molar-refractivity contribution in [3.8, 4) is 11.6 Å². The number of alkyl halides is 3. The number of hydrogen-bond acceptors (Lipinski definition) is 5. The number of aromatic nitrogens is 4. The molecule has 1 aliphatic rings. The molecule has 0 unspecified atom stereocenters. The van der Waals surface area contributed by atoms with Crippen molar-refractivity contribution >= 4 is 28.9 Å². The number of halogens is 5. The average molecular weight is 442 g/mol. The monoisotopic (exact) mass is 441 g/mol. The van der Waals surface area contributed by atoms with Gasteiger partial charge in [-0.3, -0.25) is 4.99 Å². The highest BCUT2D eigenvalue weighted by Crippen LogP contribution is 2.41. The lowest BCUT2D eigenvalue weighted by atomic mass is 10.0. The molecule has 2 aromatic heterocycles. The van der Waals surface area contributed by atoms with Gasteiger partial charge in [0.25, 0.3) is 0 Å². The second-order valence-corrected chi connectivity index (χ2v) is 7.19. The standard InChI is InChI=1S/C18H12Cl2F3N5O/c1-7-17-25-8(2)27-28(17)11-5-3-9(18(21,22)23)14(20)13(11)16(24-7)15-10(19)4-6-12(29)26-15/h3-7H,1-2H3,(H,26,29)/t7-/m0/s1. The Balaban J connectivity index is 2.12. The quantitative estimate of drug-likeness (QED) is 0.581. The number of nitrogens with zero attached hydrogens (tertiary/aromatic N) is 5. The van der Waals surface area contributed by atoms with E-state index in [0.717, 1.165) is 6.07 Å². The highest BCUT2D eigenvalue weighted by Gasteiger charge is 2.38. The number of fused-ring (bicyclic) bond motifs is 3. The Hall–Kier alpha value is -2.65. The molecule has 0 radical (unpaired) electrons. The molecule has 29 heavy (non-hydrogen) atoms. The van der Waals surface area contributed by atoms with Crippen LogP contribution in [0.15, 0.2) is 29.3 Å². The molecule has 0 aliphatic carbocycles. The summed E-state index contributed by atoms with van der Waals surface area (Å²) in [6, 6.07) is 4.18. The van der Waals surface area contributed by atoms with Crippen molar-refractivity contribution in [2.24, 2.45) is 4.99 Å². The summed E-state index contributed by atoms with van der Waals surface area (Å²) in [5.41, 5.74) is -0.812. The maximum absolute atomic E-state index is 13.5. The zero-order valence-corrected chi connectivity index (χ0v) is 16.5. The predicted molar refractivity (Wildman–Crippen MR) is 101 cm³/mol. The van der Waals surface area contributed by atoms with Crippen LogP contribution in [0, 0.1) is 6.92 Å². The molecule has 6 nitrogen and oxygen atoms in total. The number of aliphatic imine (C=N–C) groups is 1. The van der Waals surface area contributed by atoms with Crippen molar-refractivity contribution in [2.45, 2.75) is 26.1 Å². The van der Waals surface area contributed by atoms with Crippen molar-refractivity contribution in [3.63, 3.8) is 0 Å². The minimum atomic E-state index is -4.69. The minimum absolute atomic E-state index is 0.00321. The molecule has 1 aliphatic heterocycles. The Morgan fingerprint density at radius 3 is 2.52 bits per heavy atom. The highest BCUT2D eigenvalue weighted by atomic mass is 35.5. The molecule has 0 spiro atoms. The van der Waals surface area contributed by atoms with Crippen LogP contribution in [0.25, 0.3) is 5.69 Å². The number of hydrogen-bond donors (Lipinski definition) is 1. The molecule has 3 heterocycles. The van der Waals surface area contributed by atoms with Gasteiger partial charge in [0.2, 0.25) is 5.88 Å². The predicted octanol–water partition coefficient (Wildman–Crippen LogP) is 4.91. The number of benzene rings is 1. The van der Waals surface area contributed by atoms with Crippen LogP contribution >= 0.6 is 23.2 Å². The van der Waals surface area contributed by atoms with Crippen LogP contribution in [-0.2, 0) is 6.18 Å². The first-order valence-corrected chi connectivity index (χ1v) is 9.11. The van der Waals surface area contributed by atoms with Crippen molar-refractivity contribution in [2.75, 3.05) is 0 Å². The smallest absolute Gasteiger partial charge is 0.417 e. The number of pyridine rings is 1. The topological polar surface area (TPSA) is 76.2 Å². The summed E-state index contributed by atoms with van der Waals surface area (Å²) in [5, 5.41) is 13.6. The summed E-state index contributed by atoms with van der Waals surface area (Å²) in [6.07, 6.45) is -4.69. The SMILES string of the molecule is Cc1nc2n(n1)-c1ccc(C(F)(F)F)c(Cl)c1C(c1nc(O)ccc1Cl)=N[C@H]2C. The van der Waals surface area contributed by atoms with Crippen molar-refractivity contribution in [1.29, 1.82) is 0 Å². The highest BCUT2D eigenvalue weighted by molar-refractivity contribution is 6.39. The van der Waals surface area contributed by atoms with Gasteiger partial charge in [0, 0.05) is 11.6 Å². The molecule has 11 heteroatoms. The van der Waals surface area contributed by atoms with Crippen molar-refractivity contribution in [3.05, 3.63) is 62.8 Å². The molecular weight excluding hydrogens is 430 g/mol. The number of aryl methyl sites for hydroxylation is 1. The van der Waals surface area contributed by atoms with E-state index in [0.29, 0.717) is 11.6 Å². The fourth-order valence-corrected chi connectivity index (χ4v) is 3.71.